The van der Waals surface area contributed by atoms with Crippen molar-refractivity contribution < 1.29 is 0 Å². The lowest BCUT2D eigenvalue weighted by atomic mass is 10.1. The molecule has 116 valence electrons. The summed E-state index contributed by atoms with van der Waals surface area (Å²) in [7, 11) is 0. The number of pyridine rings is 3. The number of halogens is 1. The molecule has 0 bridgehead atoms. The maximum Gasteiger partial charge on any atom is 0.127 e. The first-order chi connectivity index (χ1) is 11.1. The van der Waals surface area contributed by atoms with Crippen molar-refractivity contribution in [2.75, 3.05) is 5.32 Å². The van der Waals surface area contributed by atoms with Crippen LogP contribution in [0.1, 0.15) is 13.8 Å². The second-order valence-electron chi connectivity index (χ2n) is 5.53. The molecule has 0 aliphatic heterocycles. The SMILES string of the molecule is CC(C)Nc1cc(-c2cncc(Br)c2)cc(-c2ccccn2)n1. The van der Waals surface area contributed by atoms with Gasteiger partial charge in [-0.15, -0.1) is 0 Å². The molecule has 23 heavy (non-hydrogen) atoms. The molecule has 0 atom stereocenters. The molecule has 3 aromatic rings. The van der Waals surface area contributed by atoms with Crippen LogP contribution in [-0.4, -0.2) is 21.0 Å². The van der Waals surface area contributed by atoms with Gasteiger partial charge in [0.1, 0.15) is 5.82 Å². The van der Waals surface area contributed by atoms with Gasteiger partial charge in [-0.05, 0) is 65.7 Å². The van der Waals surface area contributed by atoms with E-state index in [4.69, 9.17) is 0 Å². The zero-order chi connectivity index (χ0) is 16.2. The highest BCUT2D eigenvalue weighted by Gasteiger charge is 2.09. The zero-order valence-electron chi connectivity index (χ0n) is 13.0. The number of anilines is 1. The minimum absolute atomic E-state index is 0.301. The van der Waals surface area contributed by atoms with Crippen LogP contribution in [0.25, 0.3) is 22.5 Å². The van der Waals surface area contributed by atoms with Gasteiger partial charge in [-0.25, -0.2) is 4.98 Å². The summed E-state index contributed by atoms with van der Waals surface area (Å²) in [6.45, 7) is 4.19. The van der Waals surface area contributed by atoms with Crippen LogP contribution in [0.5, 0.6) is 0 Å². The van der Waals surface area contributed by atoms with Gasteiger partial charge in [-0.2, -0.15) is 0 Å². The largest absolute Gasteiger partial charge is 0.368 e. The Morgan fingerprint density at radius 2 is 1.87 bits per heavy atom. The Balaban J connectivity index is 2.12. The fraction of sp³-hybridized carbons (Fsp3) is 0.167. The van der Waals surface area contributed by atoms with Gasteiger partial charge in [0.15, 0.2) is 0 Å². The molecule has 3 rings (SSSR count). The number of hydrogen-bond acceptors (Lipinski definition) is 4. The Morgan fingerprint density at radius 3 is 2.57 bits per heavy atom. The van der Waals surface area contributed by atoms with E-state index in [1.54, 1.807) is 12.4 Å². The van der Waals surface area contributed by atoms with Gasteiger partial charge in [0.25, 0.3) is 0 Å². The van der Waals surface area contributed by atoms with Crippen LogP contribution < -0.4 is 5.32 Å². The first kappa shape index (κ1) is 15.6. The molecule has 0 aliphatic rings. The normalized spacial score (nSPS) is 10.8. The van der Waals surface area contributed by atoms with E-state index in [0.29, 0.717) is 6.04 Å². The highest BCUT2D eigenvalue weighted by molar-refractivity contribution is 9.10. The second-order valence-corrected chi connectivity index (χ2v) is 6.45. The highest BCUT2D eigenvalue weighted by Crippen LogP contribution is 2.28. The molecular formula is C18H17BrN4. The number of nitrogens with zero attached hydrogens (tertiary/aromatic N) is 3. The van der Waals surface area contributed by atoms with E-state index in [9.17, 15) is 0 Å². The third kappa shape index (κ3) is 3.93. The van der Waals surface area contributed by atoms with Gasteiger partial charge in [0.05, 0.1) is 11.4 Å². The summed E-state index contributed by atoms with van der Waals surface area (Å²) in [5.41, 5.74) is 3.78. The molecule has 0 amide bonds. The lowest BCUT2D eigenvalue weighted by Crippen LogP contribution is -2.11. The zero-order valence-corrected chi connectivity index (χ0v) is 14.6. The monoisotopic (exact) mass is 368 g/mol. The van der Waals surface area contributed by atoms with Crippen molar-refractivity contribution in [1.82, 2.24) is 15.0 Å². The van der Waals surface area contributed by atoms with Gasteiger partial charge in [0.2, 0.25) is 0 Å². The summed E-state index contributed by atoms with van der Waals surface area (Å²) >= 11 is 3.48. The Morgan fingerprint density at radius 1 is 1.00 bits per heavy atom. The summed E-state index contributed by atoms with van der Waals surface area (Å²) in [6, 6.07) is 12.3. The van der Waals surface area contributed by atoms with Crippen LogP contribution in [0.15, 0.2) is 59.5 Å². The van der Waals surface area contributed by atoms with Gasteiger partial charge < -0.3 is 5.32 Å². The molecule has 1 N–H and O–H groups in total. The van der Waals surface area contributed by atoms with E-state index in [-0.39, 0.29) is 0 Å². The van der Waals surface area contributed by atoms with E-state index in [2.05, 4.69) is 50.0 Å². The molecule has 0 aromatic carbocycles. The van der Waals surface area contributed by atoms with Crippen molar-refractivity contribution in [1.29, 1.82) is 0 Å². The molecule has 0 aliphatic carbocycles. The van der Waals surface area contributed by atoms with E-state index in [1.807, 2.05) is 42.6 Å². The van der Waals surface area contributed by atoms with Crippen molar-refractivity contribution in [2.24, 2.45) is 0 Å². The predicted molar refractivity (Wildman–Crippen MR) is 97.2 cm³/mol. The van der Waals surface area contributed by atoms with E-state index in [1.165, 1.54) is 0 Å². The molecule has 0 saturated heterocycles. The predicted octanol–water partition coefficient (Wildman–Crippen LogP) is 4.79. The van der Waals surface area contributed by atoms with Gasteiger partial charge in [-0.3, -0.25) is 9.97 Å². The fourth-order valence-corrected chi connectivity index (χ4v) is 2.65. The molecule has 0 unspecified atom stereocenters. The summed E-state index contributed by atoms with van der Waals surface area (Å²) in [5, 5.41) is 3.37. The first-order valence-corrected chi connectivity index (χ1v) is 8.22. The third-order valence-electron chi connectivity index (χ3n) is 3.23. The minimum atomic E-state index is 0.301. The molecule has 0 radical (unpaired) electrons. The van der Waals surface area contributed by atoms with Gasteiger partial charge in [0, 0.05) is 34.7 Å². The van der Waals surface area contributed by atoms with Crippen LogP contribution in [0.4, 0.5) is 5.82 Å². The second kappa shape index (κ2) is 6.87. The quantitative estimate of drug-likeness (QED) is 0.719. The maximum absolute atomic E-state index is 4.69. The van der Waals surface area contributed by atoms with Gasteiger partial charge in [-0.1, -0.05) is 6.07 Å². The number of rotatable bonds is 4. The minimum Gasteiger partial charge on any atom is -0.368 e. The Labute approximate surface area is 144 Å². The molecular weight excluding hydrogens is 352 g/mol. The van der Waals surface area contributed by atoms with E-state index in [0.717, 1.165) is 32.8 Å². The standard InChI is InChI=1S/C18H17BrN4/c1-12(2)22-18-9-13(14-7-15(19)11-20-10-14)8-17(23-18)16-5-3-4-6-21-16/h3-12H,1-2H3,(H,22,23). The Kier molecular flexibility index (Phi) is 4.67. The third-order valence-corrected chi connectivity index (χ3v) is 3.66. The van der Waals surface area contributed by atoms with Crippen molar-refractivity contribution in [3.8, 4) is 22.5 Å². The lowest BCUT2D eigenvalue weighted by molar-refractivity contribution is 0.889. The fourth-order valence-electron chi connectivity index (χ4n) is 2.28. The molecule has 0 spiro atoms. The van der Waals surface area contributed by atoms with Crippen molar-refractivity contribution in [2.45, 2.75) is 19.9 Å². The van der Waals surface area contributed by atoms with Gasteiger partial charge >= 0.3 is 0 Å². The number of nitrogens with one attached hydrogen (secondary N) is 1. The van der Waals surface area contributed by atoms with E-state index >= 15 is 0 Å². The molecule has 3 aromatic heterocycles. The summed E-state index contributed by atoms with van der Waals surface area (Å²) in [4.78, 5) is 13.3. The molecule has 3 heterocycles. The summed E-state index contributed by atoms with van der Waals surface area (Å²) in [6.07, 6.45) is 5.40. The first-order valence-electron chi connectivity index (χ1n) is 7.43. The van der Waals surface area contributed by atoms with Crippen LogP contribution in [-0.2, 0) is 0 Å². The highest BCUT2D eigenvalue weighted by atomic mass is 79.9. The molecule has 5 heteroatoms. The summed E-state index contributed by atoms with van der Waals surface area (Å²) in [5.74, 6) is 0.832. The molecule has 0 saturated carbocycles. The van der Waals surface area contributed by atoms with Crippen molar-refractivity contribution >= 4 is 21.7 Å². The molecule has 0 fully saturated rings. The van der Waals surface area contributed by atoms with Crippen molar-refractivity contribution in [3.05, 3.63) is 59.5 Å². The Bertz CT molecular complexity index is 803. The topological polar surface area (TPSA) is 50.7 Å². The smallest absolute Gasteiger partial charge is 0.127 e. The number of hydrogen-bond donors (Lipinski definition) is 1. The summed E-state index contributed by atoms with van der Waals surface area (Å²) < 4.78 is 0.949. The average molecular weight is 369 g/mol. The van der Waals surface area contributed by atoms with Crippen LogP contribution >= 0.6 is 15.9 Å². The van der Waals surface area contributed by atoms with Crippen LogP contribution in [0.2, 0.25) is 0 Å². The van der Waals surface area contributed by atoms with Crippen LogP contribution in [0, 0.1) is 0 Å². The van der Waals surface area contributed by atoms with E-state index < -0.39 is 0 Å². The Hall–Kier alpha value is -2.27. The lowest BCUT2D eigenvalue weighted by Gasteiger charge is -2.13. The average Bonchev–Trinajstić information content (AvgIpc) is 2.55. The van der Waals surface area contributed by atoms with Crippen molar-refractivity contribution in [3.63, 3.8) is 0 Å². The number of aromatic nitrogens is 3. The molecule has 4 nitrogen and oxygen atoms in total. The van der Waals surface area contributed by atoms with Crippen LogP contribution in [0.3, 0.4) is 0 Å². The maximum atomic E-state index is 4.69.